The molecule has 1 aromatic carbocycles. The number of anilines is 1. The number of carbonyl (C=O) groups is 1. The third kappa shape index (κ3) is 4.16. The van der Waals surface area contributed by atoms with Crippen molar-refractivity contribution in [2.75, 3.05) is 18.4 Å². The molecule has 8 heteroatoms. The van der Waals surface area contributed by atoms with Gasteiger partial charge in [-0.3, -0.25) is 4.79 Å². The summed E-state index contributed by atoms with van der Waals surface area (Å²) in [6.07, 6.45) is 5.17. The molecule has 1 N–H and O–H groups in total. The van der Waals surface area contributed by atoms with Crippen LogP contribution >= 0.6 is 0 Å². The molecule has 162 valence electrons. The van der Waals surface area contributed by atoms with E-state index in [1.165, 1.54) is 17.1 Å². The van der Waals surface area contributed by atoms with Crippen molar-refractivity contribution in [3.8, 4) is 0 Å². The number of nitrogens with zero attached hydrogens (tertiary/aromatic N) is 3. The van der Waals surface area contributed by atoms with E-state index in [4.69, 9.17) is 0 Å². The van der Waals surface area contributed by atoms with E-state index in [0.29, 0.717) is 36.7 Å². The van der Waals surface area contributed by atoms with Crippen LogP contribution in [0.3, 0.4) is 0 Å². The molecule has 1 saturated heterocycles. The molecular formula is C22H30N4O3S. The number of hydrogen-bond donors (Lipinski definition) is 1. The van der Waals surface area contributed by atoms with Crippen molar-refractivity contribution in [3.05, 3.63) is 41.6 Å². The summed E-state index contributed by atoms with van der Waals surface area (Å²) in [4.78, 5) is 13.2. The standard InChI is InChI=1S/C22H30N4O3S/c1-15-4-7-20(16(2)14-15)30(28,29)25-12-9-19(10-13-25)22(27)24-21-8-11-23-26(21)17(3)18-5-6-18/h4,7-8,11,14,17-19H,5-6,9-10,12-13H2,1-3H3,(H,24,27). The molecule has 1 amide bonds. The minimum absolute atomic E-state index is 0.0525. The Bertz CT molecular complexity index is 1030. The van der Waals surface area contributed by atoms with Gasteiger partial charge in [0.2, 0.25) is 15.9 Å². The molecule has 30 heavy (non-hydrogen) atoms. The maximum absolute atomic E-state index is 13.1. The van der Waals surface area contributed by atoms with Gasteiger partial charge in [0.25, 0.3) is 0 Å². The molecule has 1 aliphatic heterocycles. The zero-order valence-corrected chi connectivity index (χ0v) is 18.7. The molecule has 2 aliphatic rings. The van der Waals surface area contributed by atoms with E-state index in [1.54, 1.807) is 12.3 Å². The molecule has 2 fully saturated rings. The molecular weight excluding hydrogens is 400 g/mol. The van der Waals surface area contributed by atoms with Gasteiger partial charge >= 0.3 is 0 Å². The lowest BCUT2D eigenvalue weighted by Gasteiger charge is -2.31. The van der Waals surface area contributed by atoms with Gasteiger partial charge in [0.15, 0.2) is 0 Å². The van der Waals surface area contributed by atoms with Crippen LogP contribution in [0.4, 0.5) is 5.82 Å². The summed E-state index contributed by atoms with van der Waals surface area (Å²) in [5.74, 6) is 1.11. The summed E-state index contributed by atoms with van der Waals surface area (Å²) in [7, 11) is -3.54. The zero-order valence-electron chi connectivity index (χ0n) is 17.8. The first-order chi connectivity index (χ1) is 14.3. The van der Waals surface area contributed by atoms with Crippen molar-refractivity contribution >= 4 is 21.7 Å². The second-order valence-electron chi connectivity index (χ2n) is 8.68. The Morgan fingerprint density at radius 2 is 1.83 bits per heavy atom. The number of aryl methyl sites for hydroxylation is 2. The lowest BCUT2D eigenvalue weighted by Crippen LogP contribution is -2.41. The second-order valence-corrected chi connectivity index (χ2v) is 10.6. The number of piperidine rings is 1. The van der Waals surface area contributed by atoms with Crippen LogP contribution < -0.4 is 5.32 Å². The number of carbonyl (C=O) groups excluding carboxylic acids is 1. The summed E-state index contributed by atoms with van der Waals surface area (Å²) in [5, 5.41) is 7.40. The molecule has 1 aromatic heterocycles. The van der Waals surface area contributed by atoms with Gasteiger partial charge in [-0.05, 0) is 64.0 Å². The van der Waals surface area contributed by atoms with Crippen LogP contribution in [-0.2, 0) is 14.8 Å². The lowest BCUT2D eigenvalue weighted by molar-refractivity contribution is -0.121. The van der Waals surface area contributed by atoms with Crippen LogP contribution in [0.1, 0.15) is 49.8 Å². The SMILES string of the molecule is Cc1ccc(S(=O)(=O)N2CCC(C(=O)Nc3ccnn3C(C)C3CC3)CC2)c(C)c1. The number of sulfonamides is 1. The van der Waals surface area contributed by atoms with Crippen molar-refractivity contribution < 1.29 is 13.2 Å². The molecule has 1 atom stereocenters. The number of aromatic nitrogens is 2. The van der Waals surface area contributed by atoms with E-state index in [-0.39, 0.29) is 17.9 Å². The van der Waals surface area contributed by atoms with Crippen LogP contribution in [0.2, 0.25) is 0 Å². The Morgan fingerprint density at radius 1 is 1.13 bits per heavy atom. The predicted octanol–water partition coefficient (Wildman–Crippen LogP) is 3.51. The van der Waals surface area contributed by atoms with Gasteiger partial charge < -0.3 is 5.32 Å². The van der Waals surface area contributed by atoms with E-state index in [2.05, 4.69) is 17.3 Å². The second kappa shape index (κ2) is 8.15. The number of nitrogens with one attached hydrogen (secondary N) is 1. The number of rotatable bonds is 6. The smallest absolute Gasteiger partial charge is 0.243 e. The first-order valence-electron chi connectivity index (χ1n) is 10.7. The Morgan fingerprint density at radius 3 is 2.47 bits per heavy atom. The minimum atomic E-state index is -3.54. The van der Waals surface area contributed by atoms with Crippen LogP contribution in [0.5, 0.6) is 0 Å². The fraction of sp³-hybridized carbons (Fsp3) is 0.545. The summed E-state index contributed by atoms with van der Waals surface area (Å²) in [6.45, 7) is 6.62. The largest absolute Gasteiger partial charge is 0.311 e. The summed E-state index contributed by atoms with van der Waals surface area (Å²) in [5.41, 5.74) is 1.80. The number of amides is 1. The maximum atomic E-state index is 13.1. The normalized spacial score (nSPS) is 19.6. The monoisotopic (exact) mass is 430 g/mol. The number of hydrogen-bond acceptors (Lipinski definition) is 4. The van der Waals surface area contributed by atoms with Crippen LogP contribution in [0, 0.1) is 25.7 Å². The Hall–Kier alpha value is -2.19. The molecule has 4 rings (SSSR count). The molecule has 0 spiro atoms. The topological polar surface area (TPSA) is 84.3 Å². The van der Waals surface area contributed by atoms with Gasteiger partial charge in [-0.1, -0.05) is 17.7 Å². The minimum Gasteiger partial charge on any atom is -0.311 e. The van der Waals surface area contributed by atoms with Gasteiger partial charge in [0, 0.05) is 25.1 Å². The van der Waals surface area contributed by atoms with E-state index in [0.717, 1.165) is 16.9 Å². The van der Waals surface area contributed by atoms with Crippen molar-refractivity contribution in [2.24, 2.45) is 11.8 Å². The van der Waals surface area contributed by atoms with Gasteiger partial charge in [0.1, 0.15) is 5.82 Å². The molecule has 1 saturated carbocycles. The van der Waals surface area contributed by atoms with Crippen molar-refractivity contribution in [1.29, 1.82) is 0 Å². The fourth-order valence-corrected chi connectivity index (χ4v) is 6.01. The zero-order chi connectivity index (χ0) is 21.5. The average Bonchev–Trinajstić information content (AvgIpc) is 3.46. The molecule has 7 nitrogen and oxygen atoms in total. The van der Waals surface area contributed by atoms with Crippen molar-refractivity contribution in [2.45, 2.75) is 57.4 Å². The van der Waals surface area contributed by atoms with Gasteiger partial charge in [-0.2, -0.15) is 9.40 Å². The Kier molecular flexibility index (Phi) is 5.72. The predicted molar refractivity (Wildman–Crippen MR) is 116 cm³/mol. The van der Waals surface area contributed by atoms with E-state index in [1.807, 2.05) is 36.7 Å². The van der Waals surface area contributed by atoms with Gasteiger partial charge in [-0.25, -0.2) is 13.1 Å². The quantitative estimate of drug-likeness (QED) is 0.760. The third-order valence-corrected chi connectivity index (χ3v) is 8.44. The van der Waals surface area contributed by atoms with Crippen molar-refractivity contribution in [3.63, 3.8) is 0 Å². The highest BCUT2D eigenvalue weighted by molar-refractivity contribution is 7.89. The summed E-state index contributed by atoms with van der Waals surface area (Å²) < 4.78 is 29.5. The first kappa shape index (κ1) is 21.1. The van der Waals surface area contributed by atoms with Gasteiger partial charge in [0.05, 0.1) is 17.1 Å². The molecule has 0 radical (unpaired) electrons. The number of benzene rings is 1. The Balaban J connectivity index is 1.39. The highest BCUT2D eigenvalue weighted by Gasteiger charge is 2.34. The maximum Gasteiger partial charge on any atom is 0.243 e. The van der Waals surface area contributed by atoms with Crippen LogP contribution in [0.15, 0.2) is 35.4 Å². The molecule has 2 heterocycles. The van der Waals surface area contributed by atoms with Crippen LogP contribution in [0.25, 0.3) is 0 Å². The summed E-state index contributed by atoms with van der Waals surface area (Å²) in [6, 6.07) is 7.50. The third-order valence-electron chi connectivity index (χ3n) is 6.38. The molecule has 0 bridgehead atoms. The van der Waals surface area contributed by atoms with E-state index >= 15 is 0 Å². The lowest BCUT2D eigenvalue weighted by atomic mass is 9.97. The summed E-state index contributed by atoms with van der Waals surface area (Å²) >= 11 is 0. The molecule has 1 unspecified atom stereocenters. The van der Waals surface area contributed by atoms with Gasteiger partial charge in [-0.15, -0.1) is 0 Å². The fourth-order valence-electron chi connectivity index (χ4n) is 4.33. The van der Waals surface area contributed by atoms with Crippen molar-refractivity contribution in [1.82, 2.24) is 14.1 Å². The van der Waals surface area contributed by atoms with Crippen LogP contribution in [-0.4, -0.2) is 41.5 Å². The highest BCUT2D eigenvalue weighted by Crippen LogP contribution is 2.40. The Labute approximate surface area is 178 Å². The highest BCUT2D eigenvalue weighted by atomic mass is 32.2. The molecule has 1 aliphatic carbocycles. The van der Waals surface area contributed by atoms with E-state index < -0.39 is 10.0 Å². The van der Waals surface area contributed by atoms with E-state index in [9.17, 15) is 13.2 Å². The first-order valence-corrected chi connectivity index (χ1v) is 12.1. The average molecular weight is 431 g/mol. The molecule has 2 aromatic rings.